The monoisotopic (exact) mass is 372 g/mol. The van der Waals surface area contributed by atoms with Crippen molar-refractivity contribution in [3.63, 3.8) is 0 Å². The van der Waals surface area contributed by atoms with Crippen LogP contribution in [0.1, 0.15) is 24.2 Å². The molecule has 7 heteroatoms. The van der Waals surface area contributed by atoms with Gasteiger partial charge in [0.15, 0.2) is 6.61 Å². The van der Waals surface area contributed by atoms with Gasteiger partial charge in [0.05, 0.1) is 0 Å². The smallest absolute Gasteiger partial charge is 0.325 e. The van der Waals surface area contributed by atoms with Crippen molar-refractivity contribution >= 4 is 23.5 Å². The number of hydrogen-bond acceptors (Lipinski definition) is 4. The Morgan fingerprint density at radius 1 is 1.07 bits per heavy atom. The van der Waals surface area contributed by atoms with Gasteiger partial charge in [0, 0.05) is 17.3 Å². The van der Waals surface area contributed by atoms with Gasteiger partial charge in [-0.3, -0.25) is 14.4 Å². The van der Waals surface area contributed by atoms with Gasteiger partial charge in [-0.2, -0.15) is 0 Å². The second kappa shape index (κ2) is 9.47. The number of rotatable bonds is 7. The molecule has 2 aromatic rings. The lowest BCUT2D eigenvalue weighted by Gasteiger charge is -2.26. The Morgan fingerprint density at radius 3 is 2.41 bits per heavy atom. The van der Waals surface area contributed by atoms with Gasteiger partial charge in [0.1, 0.15) is 12.4 Å². The fourth-order valence-electron chi connectivity index (χ4n) is 2.47. The van der Waals surface area contributed by atoms with E-state index >= 15 is 0 Å². The molecule has 6 nitrogen and oxygen atoms in total. The second-order valence-electron chi connectivity index (χ2n) is 6.05. The van der Waals surface area contributed by atoms with E-state index in [1.54, 1.807) is 12.1 Å². The number of esters is 1. The van der Waals surface area contributed by atoms with Gasteiger partial charge in [-0.15, -0.1) is 0 Å². The number of carbonyl (C=O) groups is 3. The van der Waals surface area contributed by atoms with Crippen molar-refractivity contribution in [3.8, 4) is 0 Å². The summed E-state index contributed by atoms with van der Waals surface area (Å²) >= 11 is 0. The average molecular weight is 372 g/mol. The van der Waals surface area contributed by atoms with Crippen LogP contribution in [0.3, 0.4) is 0 Å². The summed E-state index contributed by atoms with van der Waals surface area (Å²) in [7, 11) is 0. The summed E-state index contributed by atoms with van der Waals surface area (Å²) in [5, 5.41) is 2.33. The Bertz CT molecular complexity index is 809. The molecule has 0 bridgehead atoms. The van der Waals surface area contributed by atoms with Crippen LogP contribution in [0.5, 0.6) is 0 Å². The van der Waals surface area contributed by atoms with Crippen LogP contribution < -0.4 is 10.2 Å². The van der Waals surface area contributed by atoms with Crippen molar-refractivity contribution < 1.29 is 23.5 Å². The molecule has 0 aliphatic rings. The predicted octanol–water partition coefficient (Wildman–Crippen LogP) is 2.54. The van der Waals surface area contributed by atoms with Crippen molar-refractivity contribution in [2.24, 2.45) is 0 Å². The van der Waals surface area contributed by atoms with Crippen molar-refractivity contribution in [2.45, 2.75) is 19.9 Å². The lowest BCUT2D eigenvalue weighted by atomic mass is 10.2. The maximum atomic E-state index is 13.1. The highest BCUT2D eigenvalue weighted by molar-refractivity contribution is 5.97. The summed E-state index contributed by atoms with van der Waals surface area (Å²) in [5.74, 6) is -2.29. The van der Waals surface area contributed by atoms with Gasteiger partial charge in [-0.25, -0.2) is 4.39 Å². The van der Waals surface area contributed by atoms with Crippen LogP contribution in [-0.4, -0.2) is 37.0 Å². The van der Waals surface area contributed by atoms with Crippen molar-refractivity contribution in [1.29, 1.82) is 0 Å². The van der Waals surface area contributed by atoms with E-state index in [9.17, 15) is 18.8 Å². The summed E-state index contributed by atoms with van der Waals surface area (Å²) < 4.78 is 18.1. The first-order chi connectivity index (χ1) is 12.9. The van der Waals surface area contributed by atoms with E-state index in [1.165, 1.54) is 23.1 Å². The Hall–Kier alpha value is -3.22. The standard InChI is InChI=1S/C20H21FN2O4/c1-14(2)23(17-9-4-3-5-10-17)18(24)13-27-19(25)12-22-20(26)15-7-6-8-16(21)11-15/h3-11,14H,12-13H2,1-2H3,(H,22,26). The molecule has 2 amide bonds. The van der Waals surface area contributed by atoms with Gasteiger partial charge in [-0.05, 0) is 44.2 Å². The first kappa shape index (κ1) is 20.1. The third kappa shape index (κ3) is 5.91. The molecule has 1 N–H and O–H groups in total. The molecule has 0 atom stereocenters. The molecule has 0 unspecified atom stereocenters. The maximum Gasteiger partial charge on any atom is 0.325 e. The number of nitrogens with zero attached hydrogens (tertiary/aromatic N) is 1. The number of hydrogen-bond donors (Lipinski definition) is 1. The number of amides is 2. The Balaban J connectivity index is 1.85. The number of para-hydroxylation sites is 1. The summed E-state index contributed by atoms with van der Waals surface area (Å²) in [6.45, 7) is 2.84. The molecule has 0 aromatic heterocycles. The van der Waals surface area contributed by atoms with E-state index in [0.29, 0.717) is 5.69 Å². The number of halogens is 1. The lowest BCUT2D eigenvalue weighted by molar-refractivity contribution is -0.146. The highest BCUT2D eigenvalue weighted by Crippen LogP contribution is 2.16. The normalized spacial score (nSPS) is 10.4. The SMILES string of the molecule is CC(C)N(C(=O)COC(=O)CNC(=O)c1cccc(F)c1)c1ccccc1. The van der Waals surface area contributed by atoms with Gasteiger partial charge in [-0.1, -0.05) is 24.3 Å². The number of anilines is 1. The van der Waals surface area contributed by atoms with Crippen molar-refractivity contribution in [3.05, 3.63) is 66.0 Å². The molecule has 27 heavy (non-hydrogen) atoms. The second-order valence-corrected chi connectivity index (χ2v) is 6.05. The van der Waals surface area contributed by atoms with Crippen LogP contribution in [0.25, 0.3) is 0 Å². The van der Waals surface area contributed by atoms with Gasteiger partial charge < -0.3 is 15.0 Å². The van der Waals surface area contributed by atoms with Crippen LogP contribution in [-0.2, 0) is 14.3 Å². The van der Waals surface area contributed by atoms with Crippen LogP contribution in [0.15, 0.2) is 54.6 Å². The largest absolute Gasteiger partial charge is 0.454 e. The van der Waals surface area contributed by atoms with Crippen LogP contribution in [0, 0.1) is 5.82 Å². The number of nitrogens with one attached hydrogen (secondary N) is 1. The van der Waals surface area contributed by atoms with E-state index in [1.807, 2.05) is 32.0 Å². The Kier molecular flexibility index (Phi) is 7.05. The fourth-order valence-corrected chi connectivity index (χ4v) is 2.47. The molecule has 2 rings (SSSR count). The summed E-state index contributed by atoms with van der Waals surface area (Å²) in [6.07, 6.45) is 0. The van der Waals surface area contributed by atoms with Crippen LogP contribution >= 0.6 is 0 Å². The average Bonchev–Trinajstić information content (AvgIpc) is 2.65. The van der Waals surface area contributed by atoms with Gasteiger partial charge in [0.25, 0.3) is 11.8 Å². The van der Waals surface area contributed by atoms with E-state index in [2.05, 4.69) is 5.32 Å². The molecule has 0 saturated heterocycles. The minimum atomic E-state index is -0.759. The fraction of sp³-hybridized carbons (Fsp3) is 0.250. The molecule has 0 aliphatic heterocycles. The predicted molar refractivity (Wildman–Crippen MR) is 98.8 cm³/mol. The number of ether oxygens (including phenoxy) is 1. The molecule has 2 aromatic carbocycles. The first-order valence-corrected chi connectivity index (χ1v) is 8.45. The molecule has 0 spiro atoms. The minimum absolute atomic E-state index is 0.0916. The van der Waals surface area contributed by atoms with Crippen molar-refractivity contribution in [2.75, 3.05) is 18.1 Å². The topological polar surface area (TPSA) is 75.7 Å². The highest BCUT2D eigenvalue weighted by Gasteiger charge is 2.20. The number of benzene rings is 2. The molecule has 0 saturated carbocycles. The highest BCUT2D eigenvalue weighted by atomic mass is 19.1. The number of carbonyl (C=O) groups excluding carboxylic acids is 3. The minimum Gasteiger partial charge on any atom is -0.454 e. The quantitative estimate of drug-likeness (QED) is 0.758. The zero-order valence-electron chi connectivity index (χ0n) is 15.1. The molecule has 0 aliphatic carbocycles. The third-order valence-corrected chi connectivity index (χ3v) is 3.66. The zero-order valence-corrected chi connectivity index (χ0v) is 15.1. The van der Waals surface area contributed by atoms with Gasteiger partial charge in [0.2, 0.25) is 0 Å². The van der Waals surface area contributed by atoms with Crippen LogP contribution in [0.4, 0.5) is 10.1 Å². The third-order valence-electron chi connectivity index (χ3n) is 3.66. The van der Waals surface area contributed by atoms with E-state index < -0.39 is 30.8 Å². The molecule has 0 heterocycles. The zero-order chi connectivity index (χ0) is 19.8. The molecular formula is C20H21FN2O4. The summed E-state index contributed by atoms with van der Waals surface area (Å²) in [6, 6.07) is 14.0. The maximum absolute atomic E-state index is 13.1. The summed E-state index contributed by atoms with van der Waals surface area (Å²) in [5.41, 5.74) is 0.793. The lowest BCUT2D eigenvalue weighted by Crippen LogP contribution is -2.40. The Labute approximate surface area is 156 Å². The van der Waals surface area contributed by atoms with E-state index in [4.69, 9.17) is 4.74 Å². The molecule has 0 radical (unpaired) electrons. The Morgan fingerprint density at radius 2 is 1.78 bits per heavy atom. The molecule has 0 fully saturated rings. The summed E-state index contributed by atoms with van der Waals surface area (Å²) in [4.78, 5) is 37.6. The van der Waals surface area contributed by atoms with E-state index in [0.717, 1.165) is 6.07 Å². The van der Waals surface area contributed by atoms with Crippen molar-refractivity contribution in [1.82, 2.24) is 5.32 Å². The van der Waals surface area contributed by atoms with Crippen LogP contribution in [0.2, 0.25) is 0 Å². The van der Waals surface area contributed by atoms with Gasteiger partial charge >= 0.3 is 5.97 Å². The van der Waals surface area contributed by atoms with E-state index in [-0.39, 0.29) is 17.5 Å². The molecular weight excluding hydrogens is 351 g/mol. The molecule has 142 valence electrons. The first-order valence-electron chi connectivity index (χ1n) is 8.45.